The van der Waals surface area contributed by atoms with E-state index in [1.807, 2.05) is 19.4 Å². The first kappa shape index (κ1) is 21.2. The summed E-state index contributed by atoms with van der Waals surface area (Å²) in [6, 6.07) is 6.21. The number of aryl methyl sites for hydroxylation is 2. The fourth-order valence-corrected chi connectivity index (χ4v) is 3.16. The predicted molar refractivity (Wildman–Crippen MR) is 112 cm³/mol. The number of nitrogens with one attached hydrogen (secondary N) is 2. The van der Waals surface area contributed by atoms with Crippen LogP contribution in [0.25, 0.3) is 0 Å². The third-order valence-corrected chi connectivity index (χ3v) is 4.86. The van der Waals surface area contributed by atoms with Crippen LogP contribution < -0.4 is 15.4 Å². The van der Waals surface area contributed by atoms with Gasteiger partial charge in [-0.05, 0) is 39.3 Å². The van der Waals surface area contributed by atoms with Gasteiger partial charge in [-0.2, -0.15) is 0 Å². The summed E-state index contributed by atoms with van der Waals surface area (Å²) in [5.74, 6) is 1.65. The zero-order chi connectivity index (χ0) is 19.5. The lowest BCUT2D eigenvalue weighted by Gasteiger charge is -2.13. The molecule has 7 heteroatoms. The number of rotatable bonds is 10. The highest BCUT2D eigenvalue weighted by molar-refractivity contribution is 7.09. The molecule has 0 amide bonds. The number of benzene rings is 1. The average Bonchev–Trinajstić information content (AvgIpc) is 3.07. The van der Waals surface area contributed by atoms with Crippen molar-refractivity contribution in [3.05, 3.63) is 45.4 Å². The lowest BCUT2D eigenvalue weighted by molar-refractivity contribution is 0.110. The lowest BCUT2D eigenvalue weighted by atomic mass is 10.1. The van der Waals surface area contributed by atoms with E-state index in [4.69, 9.17) is 14.5 Å². The van der Waals surface area contributed by atoms with Crippen molar-refractivity contribution in [1.29, 1.82) is 0 Å². The van der Waals surface area contributed by atoms with E-state index < -0.39 is 0 Å². The van der Waals surface area contributed by atoms with E-state index in [0.29, 0.717) is 32.9 Å². The number of thiazole rings is 1. The Balaban J connectivity index is 2.02. The Hall–Kier alpha value is -2.12. The van der Waals surface area contributed by atoms with E-state index in [2.05, 4.69) is 47.7 Å². The van der Waals surface area contributed by atoms with Crippen LogP contribution in [-0.2, 0) is 17.8 Å². The molecule has 0 radical (unpaired) electrons. The molecule has 1 aromatic carbocycles. The molecule has 2 N–H and O–H groups in total. The van der Waals surface area contributed by atoms with Gasteiger partial charge in [0.25, 0.3) is 0 Å². The summed E-state index contributed by atoms with van der Waals surface area (Å²) in [5, 5.41) is 6.66. The van der Waals surface area contributed by atoms with Gasteiger partial charge in [0.15, 0.2) is 5.96 Å². The number of hydrogen-bond acceptors (Lipinski definition) is 5. The highest BCUT2D eigenvalue weighted by atomic mass is 32.1. The van der Waals surface area contributed by atoms with Crippen LogP contribution in [0.4, 0.5) is 0 Å². The van der Waals surface area contributed by atoms with Gasteiger partial charge in [-0.15, -0.1) is 11.3 Å². The molecule has 0 aliphatic rings. The smallest absolute Gasteiger partial charge is 0.191 e. The average molecular weight is 391 g/mol. The third-order valence-electron chi connectivity index (χ3n) is 3.93. The molecule has 0 fully saturated rings. The number of aromatic nitrogens is 1. The molecule has 6 nitrogen and oxygen atoms in total. The number of guanidine groups is 1. The van der Waals surface area contributed by atoms with E-state index in [1.54, 1.807) is 11.3 Å². The van der Waals surface area contributed by atoms with Crippen LogP contribution in [0.3, 0.4) is 0 Å². The Morgan fingerprint density at radius 2 is 2.04 bits per heavy atom. The van der Waals surface area contributed by atoms with Gasteiger partial charge in [0, 0.05) is 23.6 Å². The SMILES string of the molecule is CCNC(=NCc1ccc(C)cc1OCCOCC)NCc1scnc1C. The quantitative estimate of drug-likeness (QED) is 0.370. The van der Waals surface area contributed by atoms with Crippen molar-refractivity contribution < 1.29 is 9.47 Å². The van der Waals surface area contributed by atoms with Crippen LogP contribution in [0.1, 0.15) is 35.5 Å². The van der Waals surface area contributed by atoms with Gasteiger partial charge in [-0.1, -0.05) is 12.1 Å². The molecule has 148 valence electrons. The first-order valence-electron chi connectivity index (χ1n) is 9.35. The Morgan fingerprint density at radius 3 is 2.74 bits per heavy atom. The molecule has 0 spiro atoms. The van der Waals surface area contributed by atoms with Crippen molar-refractivity contribution in [2.45, 2.75) is 40.8 Å². The van der Waals surface area contributed by atoms with Crippen LogP contribution in [0.5, 0.6) is 5.75 Å². The summed E-state index contributed by atoms with van der Waals surface area (Å²) >= 11 is 1.65. The number of nitrogens with zero attached hydrogens (tertiary/aromatic N) is 2. The van der Waals surface area contributed by atoms with Gasteiger partial charge in [0.05, 0.1) is 30.9 Å². The molecular formula is C20H30N4O2S. The number of aliphatic imine (C=N–C) groups is 1. The zero-order valence-corrected chi connectivity index (χ0v) is 17.5. The van der Waals surface area contributed by atoms with Crippen LogP contribution in [0, 0.1) is 13.8 Å². The standard InChI is InChI=1S/C20H30N4O2S/c1-5-21-20(23-13-19-16(4)24-14-27-19)22-12-17-8-7-15(3)11-18(17)26-10-9-25-6-2/h7-8,11,14H,5-6,9-10,12-13H2,1-4H3,(H2,21,22,23). The predicted octanol–water partition coefficient (Wildman–Crippen LogP) is 3.43. The van der Waals surface area contributed by atoms with Gasteiger partial charge in [-0.25, -0.2) is 9.98 Å². The topological polar surface area (TPSA) is 67.8 Å². The molecule has 0 unspecified atom stereocenters. The fourth-order valence-electron chi connectivity index (χ4n) is 2.45. The molecule has 2 rings (SSSR count). The highest BCUT2D eigenvalue weighted by Crippen LogP contribution is 2.21. The lowest BCUT2D eigenvalue weighted by Crippen LogP contribution is -2.36. The van der Waals surface area contributed by atoms with E-state index in [9.17, 15) is 0 Å². The summed E-state index contributed by atoms with van der Waals surface area (Å²) in [4.78, 5) is 10.2. The molecule has 0 aliphatic heterocycles. The van der Waals surface area contributed by atoms with Crippen LogP contribution in [0.15, 0.2) is 28.7 Å². The maximum atomic E-state index is 5.91. The van der Waals surface area contributed by atoms with Gasteiger partial charge < -0.3 is 20.1 Å². The third kappa shape index (κ3) is 7.19. The largest absolute Gasteiger partial charge is 0.491 e. The van der Waals surface area contributed by atoms with Gasteiger partial charge in [0.1, 0.15) is 12.4 Å². The van der Waals surface area contributed by atoms with Crippen molar-refractivity contribution in [3.63, 3.8) is 0 Å². The fraction of sp³-hybridized carbons (Fsp3) is 0.500. The molecule has 0 atom stereocenters. The Labute approximate surface area is 166 Å². The number of hydrogen-bond donors (Lipinski definition) is 2. The summed E-state index contributed by atoms with van der Waals surface area (Å²) in [6.45, 7) is 12.0. The molecule has 0 aliphatic carbocycles. The zero-order valence-electron chi connectivity index (χ0n) is 16.7. The van der Waals surface area contributed by atoms with Crippen molar-refractivity contribution in [2.24, 2.45) is 4.99 Å². The second-order valence-corrected chi connectivity index (χ2v) is 7.01. The summed E-state index contributed by atoms with van der Waals surface area (Å²) in [5.41, 5.74) is 5.16. The van der Waals surface area contributed by atoms with Gasteiger partial charge in [-0.3, -0.25) is 0 Å². The van der Waals surface area contributed by atoms with Crippen molar-refractivity contribution in [2.75, 3.05) is 26.4 Å². The molecule has 0 saturated heterocycles. The van der Waals surface area contributed by atoms with Crippen molar-refractivity contribution in [3.8, 4) is 5.75 Å². The Morgan fingerprint density at radius 1 is 1.19 bits per heavy atom. The second-order valence-electron chi connectivity index (χ2n) is 6.07. The van der Waals surface area contributed by atoms with Gasteiger partial charge in [0.2, 0.25) is 0 Å². The normalized spacial score (nSPS) is 11.5. The molecule has 1 heterocycles. The van der Waals surface area contributed by atoms with Crippen LogP contribution >= 0.6 is 11.3 Å². The minimum absolute atomic E-state index is 0.539. The second kappa shape index (κ2) is 11.6. The molecule has 0 saturated carbocycles. The molecule has 1 aromatic heterocycles. The van der Waals surface area contributed by atoms with Crippen LogP contribution in [0.2, 0.25) is 0 Å². The van der Waals surface area contributed by atoms with Gasteiger partial charge >= 0.3 is 0 Å². The summed E-state index contributed by atoms with van der Waals surface area (Å²) < 4.78 is 11.3. The highest BCUT2D eigenvalue weighted by Gasteiger charge is 2.06. The minimum Gasteiger partial charge on any atom is -0.491 e. The molecule has 2 aromatic rings. The summed E-state index contributed by atoms with van der Waals surface area (Å²) in [6.07, 6.45) is 0. The molecule has 0 bridgehead atoms. The molecule has 27 heavy (non-hydrogen) atoms. The van der Waals surface area contributed by atoms with Crippen molar-refractivity contribution >= 4 is 17.3 Å². The summed E-state index contributed by atoms with van der Waals surface area (Å²) in [7, 11) is 0. The maximum absolute atomic E-state index is 5.91. The maximum Gasteiger partial charge on any atom is 0.191 e. The van der Waals surface area contributed by atoms with Crippen LogP contribution in [-0.4, -0.2) is 37.3 Å². The Kier molecular flexibility index (Phi) is 9.07. The van der Waals surface area contributed by atoms with E-state index in [1.165, 1.54) is 10.4 Å². The molecular weight excluding hydrogens is 360 g/mol. The first-order chi connectivity index (χ1) is 13.1. The van der Waals surface area contributed by atoms with Crippen molar-refractivity contribution in [1.82, 2.24) is 15.6 Å². The first-order valence-corrected chi connectivity index (χ1v) is 10.2. The van der Waals surface area contributed by atoms with E-state index in [0.717, 1.165) is 29.5 Å². The van der Waals surface area contributed by atoms with E-state index >= 15 is 0 Å². The number of ether oxygens (including phenoxy) is 2. The minimum atomic E-state index is 0.539. The van der Waals surface area contributed by atoms with E-state index in [-0.39, 0.29) is 0 Å². The monoisotopic (exact) mass is 390 g/mol. The Bertz CT molecular complexity index is 731.